The SMILES string of the molecule is CC1CCNc2cc(C(C)(C)C)ccc2O1. The third-order valence-electron chi connectivity index (χ3n) is 3.04. The maximum Gasteiger partial charge on any atom is 0.142 e. The Morgan fingerprint density at radius 3 is 2.75 bits per heavy atom. The largest absolute Gasteiger partial charge is 0.488 e. The maximum absolute atomic E-state index is 5.86. The summed E-state index contributed by atoms with van der Waals surface area (Å²) in [6, 6.07) is 6.47. The van der Waals surface area contributed by atoms with E-state index in [1.165, 1.54) is 5.56 Å². The normalized spacial score (nSPS) is 20.4. The van der Waals surface area contributed by atoms with Crippen molar-refractivity contribution in [1.82, 2.24) is 0 Å². The molecule has 1 aromatic rings. The van der Waals surface area contributed by atoms with E-state index in [0.29, 0.717) is 6.10 Å². The van der Waals surface area contributed by atoms with Crippen LogP contribution in [0.2, 0.25) is 0 Å². The van der Waals surface area contributed by atoms with E-state index in [4.69, 9.17) is 4.74 Å². The van der Waals surface area contributed by atoms with Crippen LogP contribution in [0, 0.1) is 0 Å². The monoisotopic (exact) mass is 219 g/mol. The molecule has 0 amide bonds. The lowest BCUT2D eigenvalue weighted by molar-refractivity contribution is 0.221. The van der Waals surface area contributed by atoms with Crippen LogP contribution in [0.25, 0.3) is 0 Å². The van der Waals surface area contributed by atoms with Gasteiger partial charge in [0.2, 0.25) is 0 Å². The number of hydrogen-bond acceptors (Lipinski definition) is 2. The number of nitrogens with one attached hydrogen (secondary N) is 1. The molecule has 2 nitrogen and oxygen atoms in total. The number of rotatable bonds is 0. The molecular formula is C14H21NO. The second-order valence-corrected chi connectivity index (χ2v) is 5.60. The summed E-state index contributed by atoms with van der Waals surface area (Å²) in [7, 11) is 0. The first-order valence-corrected chi connectivity index (χ1v) is 6.02. The number of ether oxygens (including phenoxy) is 1. The van der Waals surface area contributed by atoms with Crippen molar-refractivity contribution < 1.29 is 4.74 Å². The molecule has 0 fully saturated rings. The van der Waals surface area contributed by atoms with E-state index in [0.717, 1.165) is 24.4 Å². The molecule has 16 heavy (non-hydrogen) atoms. The van der Waals surface area contributed by atoms with Gasteiger partial charge in [-0.15, -0.1) is 0 Å². The lowest BCUT2D eigenvalue weighted by Gasteiger charge is -2.21. The summed E-state index contributed by atoms with van der Waals surface area (Å²) < 4.78 is 5.86. The average Bonchev–Trinajstić information content (AvgIpc) is 2.35. The van der Waals surface area contributed by atoms with Crippen LogP contribution in [-0.4, -0.2) is 12.6 Å². The van der Waals surface area contributed by atoms with Crippen molar-refractivity contribution in [2.45, 2.75) is 45.6 Å². The van der Waals surface area contributed by atoms with Gasteiger partial charge < -0.3 is 10.1 Å². The maximum atomic E-state index is 5.86. The number of anilines is 1. The molecule has 0 saturated carbocycles. The van der Waals surface area contributed by atoms with Crippen molar-refractivity contribution in [2.24, 2.45) is 0 Å². The summed E-state index contributed by atoms with van der Waals surface area (Å²) >= 11 is 0. The van der Waals surface area contributed by atoms with Crippen LogP contribution < -0.4 is 10.1 Å². The highest BCUT2D eigenvalue weighted by molar-refractivity contribution is 5.59. The summed E-state index contributed by atoms with van der Waals surface area (Å²) in [5, 5.41) is 3.44. The molecule has 0 aromatic heterocycles. The van der Waals surface area contributed by atoms with Crippen molar-refractivity contribution >= 4 is 5.69 Å². The van der Waals surface area contributed by atoms with Crippen molar-refractivity contribution in [3.8, 4) is 5.75 Å². The fourth-order valence-corrected chi connectivity index (χ4v) is 1.92. The molecule has 2 heteroatoms. The van der Waals surface area contributed by atoms with E-state index in [1.54, 1.807) is 0 Å². The summed E-state index contributed by atoms with van der Waals surface area (Å²) in [5.74, 6) is 0.984. The zero-order chi connectivity index (χ0) is 11.8. The first kappa shape index (κ1) is 11.3. The minimum absolute atomic E-state index is 0.189. The number of benzene rings is 1. The highest BCUT2D eigenvalue weighted by Crippen LogP contribution is 2.33. The van der Waals surface area contributed by atoms with Crippen molar-refractivity contribution in [1.29, 1.82) is 0 Å². The minimum atomic E-state index is 0.189. The predicted molar refractivity (Wildman–Crippen MR) is 68.3 cm³/mol. The van der Waals surface area contributed by atoms with Gasteiger partial charge in [-0.2, -0.15) is 0 Å². The van der Waals surface area contributed by atoms with Gasteiger partial charge in [-0.3, -0.25) is 0 Å². The lowest BCUT2D eigenvalue weighted by Crippen LogP contribution is -2.12. The Bertz CT molecular complexity index is 379. The fraction of sp³-hybridized carbons (Fsp3) is 0.571. The van der Waals surface area contributed by atoms with Crippen molar-refractivity contribution in [2.75, 3.05) is 11.9 Å². The molecule has 0 bridgehead atoms. The number of hydrogen-bond donors (Lipinski definition) is 1. The Hall–Kier alpha value is -1.18. The Kier molecular flexibility index (Phi) is 2.83. The van der Waals surface area contributed by atoms with Gasteiger partial charge >= 0.3 is 0 Å². The highest BCUT2D eigenvalue weighted by atomic mass is 16.5. The Labute approximate surface area is 98.0 Å². The van der Waals surface area contributed by atoms with E-state index in [2.05, 4.69) is 51.2 Å². The predicted octanol–water partition coefficient (Wildman–Crippen LogP) is 3.57. The van der Waals surface area contributed by atoms with E-state index in [9.17, 15) is 0 Å². The van der Waals surface area contributed by atoms with E-state index in [1.807, 2.05) is 0 Å². The van der Waals surface area contributed by atoms with E-state index >= 15 is 0 Å². The van der Waals surface area contributed by atoms with Gasteiger partial charge in [-0.1, -0.05) is 26.8 Å². The zero-order valence-corrected chi connectivity index (χ0v) is 10.6. The van der Waals surface area contributed by atoms with Gasteiger partial charge in [0.15, 0.2) is 0 Å². The van der Waals surface area contributed by atoms with Gasteiger partial charge in [0.05, 0.1) is 11.8 Å². The van der Waals surface area contributed by atoms with Gasteiger partial charge in [0, 0.05) is 13.0 Å². The quantitative estimate of drug-likeness (QED) is 0.720. The molecule has 0 aliphatic carbocycles. The fourth-order valence-electron chi connectivity index (χ4n) is 1.92. The second kappa shape index (κ2) is 4.00. The summed E-state index contributed by atoms with van der Waals surface area (Å²) in [4.78, 5) is 0. The van der Waals surface area contributed by atoms with Crippen LogP contribution in [0.1, 0.15) is 39.7 Å². The molecular weight excluding hydrogens is 198 g/mol. The molecule has 1 heterocycles. The van der Waals surface area contributed by atoms with Gasteiger partial charge in [-0.05, 0) is 30.0 Å². The molecule has 0 radical (unpaired) electrons. The molecule has 0 spiro atoms. The third-order valence-corrected chi connectivity index (χ3v) is 3.04. The van der Waals surface area contributed by atoms with Crippen molar-refractivity contribution in [3.05, 3.63) is 23.8 Å². The van der Waals surface area contributed by atoms with Crippen LogP contribution >= 0.6 is 0 Å². The molecule has 0 saturated heterocycles. The Morgan fingerprint density at radius 1 is 1.31 bits per heavy atom. The topological polar surface area (TPSA) is 21.3 Å². The standard InChI is InChI=1S/C14H21NO/c1-10-7-8-15-12-9-11(14(2,3)4)5-6-13(12)16-10/h5-6,9-10,15H,7-8H2,1-4H3. The molecule has 1 atom stereocenters. The Morgan fingerprint density at radius 2 is 2.06 bits per heavy atom. The molecule has 1 unspecified atom stereocenters. The van der Waals surface area contributed by atoms with Crippen LogP contribution in [0.5, 0.6) is 5.75 Å². The average molecular weight is 219 g/mol. The van der Waals surface area contributed by atoms with Crippen LogP contribution in [0.15, 0.2) is 18.2 Å². The molecule has 1 N–H and O–H groups in total. The molecule has 88 valence electrons. The lowest BCUT2D eigenvalue weighted by atomic mass is 9.87. The summed E-state index contributed by atoms with van der Waals surface area (Å²) in [6.45, 7) is 9.80. The van der Waals surface area contributed by atoms with Crippen LogP contribution in [0.4, 0.5) is 5.69 Å². The minimum Gasteiger partial charge on any atom is -0.488 e. The third kappa shape index (κ3) is 2.31. The molecule has 1 aliphatic heterocycles. The van der Waals surface area contributed by atoms with Gasteiger partial charge in [0.25, 0.3) is 0 Å². The summed E-state index contributed by atoms with van der Waals surface area (Å²) in [6.07, 6.45) is 1.36. The van der Waals surface area contributed by atoms with E-state index in [-0.39, 0.29) is 5.41 Å². The smallest absolute Gasteiger partial charge is 0.142 e. The van der Waals surface area contributed by atoms with Crippen LogP contribution in [-0.2, 0) is 5.41 Å². The van der Waals surface area contributed by atoms with Gasteiger partial charge in [0.1, 0.15) is 5.75 Å². The zero-order valence-electron chi connectivity index (χ0n) is 10.6. The second-order valence-electron chi connectivity index (χ2n) is 5.60. The van der Waals surface area contributed by atoms with Crippen molar-refractivity contribution in [3.63, 3.8) is 0 Å². The molecule has 2 rings (SSSR count). The highest BCUT2D eigenvalue weighted by Gasteiger charge is 2.18. The number of fused-ring (bicyclic) bond motifs is 1. The van der Waals surface area contributed by atoms with E-state index < -0.39 is 0 Å². The van der Waals surface area contributed by atoms with Crippen LogP contribution in [0.3, 0.4) is 0 Å². The first-order valence-electron chi connectivity index (χ1n) is 6.02. The Balaban J connectivity index is 2.35. The molecule has 1 aromatic carbocycles. The molecule has 1 aliphatic rings. The van der Waals surface area contributed by atoms with Gasteiger partial charge in [-0.25, -0.2) is 0 Å². The summed E-state index contributed by atoms with van der Waals surface area (Å²) in [5.41, 5.74) is 2.67. The first-order chi connectivity index (χ1) is 7.47.